The monoisotopic (exact) mass is 233 g/mol. The molecule has 0 fully saturated rings. The first-order valence-corrected chi connectivity index (χ1v) is 5.11. The van der Waals surface area contributed by atoms with Crippen molar-refractivity contribution < 1.29 is 19.9 Å². The van der Waals surface area contributed by atoms with Gasteiger partial charge in [-0.05, 0) is 6.42 Å². The summed E-state index contributed by atoms with van der Waals surface area (Å²) in [4.78, 5) is 22.1. The lowest BCUT2D eigenvalue weighted by atomic mass is 9.86. The molecule has 0 heterocycles. The Morgan fingerprint density at radius 2 is 2.00 bits per heavy atom. The fraction of sp³-hybridized carbons (Fsp3) is 0.778. The largest absolute Gasteiger partial charge is 0.381 e. The van der Waals surface area contributed by atoms with Gasteiger partial charge in [-0.15, -0.1) is 0 Å². The van der Waals surface area contributed by atoms with E-state index >= 15 is 0 Å². The molecule has 0 aliphatic carbocycles. The van der Waals surface area contributed by atoms with E-state index in [1.165, 1.54) is 5.48 Å². The Labute approximate surface area is 93.8 Å². The van der Waals surface area contributed by atoms with Crippen LogP contribution in [0.15, 0.2) is 0 Å². The second kappa shape index (κ2) is 6.41. The third kappa shape index (κ3) is 3.44. The van der Waals surface area contributed by atoms with Crippen LogP contribution in [0.5, 0.6) is 0 Å². The summed E-state index contributed by atoms with van der Waals surface area (Å²) < 4.78 is 0. The second-order valence-electron chi connectivity index (χ2n) is 3.74. The lowest BCUT2D eigenvalue weighted by Gasteiger charge is -2.30. The second-order valence-corrected chi connectivity index (χ2v) is 3.74. The first-order chi connectivity index (χ1) is 7.40. The Balaban J connectivity index is 4.74. The first-order valence-electron chi connectivity index (χ1n) is 5.11. The number of hydrogen-bond donors (Lipinski definition) is 5. The molecular weight excluding hydrogens is 214 g/mol. The van der Waals surface area contributed by atoms with Crippen molar-refractivity contribution >= 4 is 11.8 Å². The van der Waals surface area contributed by atoms with Crippen LogP contribution in [0.25, 0.3) is 0 Å². The molecule has 94 valence electrons. The Bertz CT molecular complexity index is 259. The van der Waals surface area contributed by atoms with E-state index in [-0.39, 0.29) is 6.42 Å². The van der Waals surface area contributed by atoms with Crippen LogP contribution in [0.1, 0.15) is 32.6 Å². The maximum atomic E-state index is 11.3. The molecule has 0 aliphatic heterocycles. The fourth-order valence-electron chi connectivity index (χ4n) is 1.40. The van der Waals surface area contributed by atoms with E-state index < -0.39 is 23.5 Å². The van der Waals surface area contributed by atoms with Crippen LogP contribution < -0.4 is 16.9 Å². The van der Waals surface area contributed by atoms with Gasteiger partial charge in [0.05, 0.1) is 0 Å². The standard InChI is InChI=1S/C9H19N3O4/c1-2-3-4-5-9(11,8(15)12-16)6(13)7(10)14/h6,13,16H,2-5,11H2,1H3,(H2,10,14)(H,12,15). The predicted molar refractivity (Wildman–Crippen MR) is 56.2 cm³/mol. The molecule has 7 N–H and O–H groups in total. The summed E-state index contributed by atoms with van der Waals surface area (Å²) in [5.74, 6) is -2.11. The van der Waals surface area contributed by atoms with Crippen molar-refractivity contribution in [1.29, 1.82) is 0 Å². The van der Waals surface area contributed by atoms with Crippen LogP contribution in [-0.2, 0) is 9.59 Å². The highest BCUT2D eigenvalue weighted by atomic mass is 16.5. The number of rotatable bonds is 7. The van der Waals surface area contributed by atoms with Gasteiger partial charge >= 0.3 is 0 Å². The maximum absolute atomic E-state index is 11.3. The van der Waals surface area contributed by atoms with Gasteiger partial charge in [-0.25, -0.2) is 5.48 Å². The molecule has 0 aromatic heterocycles. The van der Waals surface area contributed by atoms with Gasteiger partial charge in [-0.3, -0.25) is 14.8 Å². The highest BCUT2D eigenvalue weighted by molar-refractivity contribution is 5.93. The number of primary amides is 1. The van der Waals surface area contributed by atoms with E-state index in [0.717, 1.165) is 12.8 Å². The summed E-state index contributed by atoms with van der Waals surface area (Å²) in [7, 11) is 0. The zero-order valence-electron chi connectivity index (χ0n) is 9.27. The predicted octanol–water partition coefficient (Wildman–Crippen LogP) is -1.38. The number of carbonyl (C=O) groups is 2. The third-order valence-corrected chi connectivity index (χ3v) is 2.48. The molecule has 16 heavy (non-hydrogen) atoms. The molecule has 0 rings (SSSR count). The Kier molecular flexibility index (Phi) is 5.94. The van der Waals surface area contributed by atoms with Crippen molar-refractivity contribution in [2.24, 2.45) is 11.5 Å². The highest BCUT2D eigenvalue weighted by Gasteiger charge is 2.43. The minimum absolute atomic E-state index is 0.0668. The average molecular weight is 233 g/mol. The van der Waals surface area contributed by atoms with Gasteiger partial charge in [0.25, 0.3) is 5.91 Å². The number of nitrogens with one attached hydrogen (secondary N) is 1. The number of hydrogen-bond acceptors (Lipinski definition) is 5. The molecule has 0 bridgehead atoms. The molecule has 0 saturated carbocycles. The van der Waals surface area contributed by atoms with Crippen molar-refractivity contribution in [2.75, 3.05) is 0 Å². The van der Waals surface area contributed by atoms with Gasteiger partial charge < -0.3 is 16.6 Å². The molecule has 0 aromatic carbocycles. The van der Waals surface area contributed by atoms with Crippen LogP contribution >= 0.6 is 0 Å². The maximum Gasteiger partial charge on any atom is 0.266 e. The summed E-state index contributed by atoms with van der Waals surface area (Å²) in [6.07, 6.45) is 0.478. The smallest absolute Gasteiger partial charge is 0.266 e. The molecule has 0 saturated heterocycles. The van der Waals surface area contributed by atoms with E-state index in [4.69, 9.17) is 16.7 Å². The Morgan fingerprint density at radius 3 is 2.38 bits per heavy atom. The number of hydroxylamine groups is 1. The van der Waals surface area contributed by atoms with Gasteiger partial charge in [-0.1, -0.05) is 26.2 Å². The Hall–Kier alpha value is -1.18. The molecule has 2 atom stereocenters. The van der Waals surface area contributed by atoms with Gasteiger partial charge in [0.1, 0.15) is 5.54 Å². The number of nitrogens with two attached hydrogens (primary N) is 2. The molecule has 0 aromatic rings. The van der Waals surface area contributed by atoms with Crippen LogP contribution in [0.2, 0.25) is 0 Å². The minimum Gasteiger partial charge on any atom is -0.381 e. The lowest BCUT2D eigenvalue weighted by molar-refractivity contribution is -0.146. The van der Waals surface area contributed by atoms with E-state index in [2.05, 4.69) is 0 Å². The van der Waals surface area contributed by atoms with Crippen molar-refractivity contribution in [3.8, 4) is 0 Å². The highest BCUT2D eigenvalue weighted by Crippen LogP contribution is 2.17. The molecule has 2 unspecified atom stereocenters. The van der Waals surface area contributed by atoms with Crippen molar-refractivity contribution in [2.45, 2.75) is 44.2 Å². The molecule has 7 heteroatoms. The topological polar surface area (TPSA) is 139 Å². The van der Waals surface area contributed by atoms with Gasteiger partial charge in [0.2, 0.25) is 5.91 Å². The zero-order valence-corrected chi connectivity index (χ0v) is 9.27. The lowest BCUT2D eigenvalue weighted by Crippen LogP contribution is -2.64. The number of unbranched alkanes of at least 4 members (excludes halogenated alkanes) is 2. The Morgan fingerprint density at radius 1 is 1.44 bits per heavy atom. The van der Waals surface area contributed by atoms with Crippen molar-refractivity contribution in [1.82, 2.24) is 5.48 Å². The number of aliphatic hydroxyl groups is 1. The molecule has 7 nitrogen and oxygen atoms in total. The fourth-order valence-corrected chi connectivity index (χ4v) is 1.40. The average Bonchev–Trinajstić information content (AvgIpc) is 2.26. The van der Waals surface area contributed by atoms with E-state index in [1.807, 2.05) is 6.92 Å². The SMILES string of the molecule is CCCCCC(N)(C(=O)NO)C(O)C(N)=O. The van der Waals surface area contributed by atoms with Crippen LogP contribution in [0, 0.1) is 0 Å². The normalized spacial score (nSPS) is 16.2. The summed E-state index contributed by atoms with van der Waals surface area (Å²) in [6.45, 7) is 1.95. The van der Waals surface area contributed by atoms with Gasteiger partial charge in [-0.2, -0.15) is 0 Å². The number of amides is 2. The number of aliphatic hydroxyl groups excluding tert-OH is 1. The van der Waals surface area contributed by atoms with E-state index in [1.54, 1.807) is 0 Å². The van der Waals surface area contributed by atoms with Crippen LogP contribution in [0.4, 0.5) is 0 Å². The summed E-state index contributed by atoms with van der Waals surface area (Å²) in [5.41, 5.74) is 9.96. The molecule has 2 amide bonds. The summed E-state index contributed by atoms with van der Waals surface area (Å²) >= 11 is 0. The van der Waals surface area contributed by atoms with E-state index in [0.29, 0.717) is 6.42 Å². The third-order valence-electron chi connectivity index (χ3n) is 2.48. The summed E-state index contributed by atoms with van der Waals surface area (Å²) in [6, 6.07) is 0. The quantitative estimate of drug-likeness (QED) is 0.209. The minimum atomic E-state index is -1.88. The molecule has 0 spiro atoms. The van der Waals surface area contributed by atoms with Crippen molar-refractivity contribution in [3.63, 3.8) is 0 Å². The summed E-state index contributed by atoms with van der Waals surface area (Å²) in [5, 5.41) is 18.0. The molecule has 0 radical (unpaired) electrons. The van der Waals surface area contributed by atoms with Gasteiger partial charge in [0, 0.05) is 0 Å². The number of carbonyl (C=O) groups excluding carboxylic acids is 2. The molecular formula is C9H19N3O4. The molecule has 0 aliphatic rings. The van der Waals surface area contributed by atoms with E-state index in [9.17, 15) is 14.7 Å². The van der Waals surface area contributed by atoms with Crippen molar-refractivity contribution in [3.05, 3.63) is 0 Å². The zero-order chi connectivity index (χ0) is 12.8. The first kappa shape index (κ1) is 14.8. The van der Waals surface area contributed by atoms with Crippen LogP contribution in [-0.4, -0.2) is 33.8 Å². The van der Waals surface area contributed by atoms with Gasteiger partial charge in [0.15, 0.2) is 6.10 Å². The van der Waals surface area contributed by atoms with Crippen LogP contribution in [0.3, 0.4) is 0 Å².